The number of benzene rings is 3. The van der Waals surface area contributed by atoms with Gasteiger partial charge in [-0.25, -0.2) is 0 Å². The van der Waals surface area contributed by atoms with Crippen LogP contribution in [0.25, 0.3) is 0 Å². The zero-order valence-electron chi connectivity index (χ0n) is 30.7. The van der Waals surface area contributed by atoms with Crippen LogP contribution in [0.15, 0.2) is 84.9 Å². The van der Waals surface area contributed by atoms with Crippen molar-refractivity contribution in [3.8, 4) is 5.75 Å². The molecule has 0 spiro atoms. The summed E-state index contributed by atoms with van der Waals surface area (Å²) in [7, 11) is 0. The molecule has 5 atom stereocenters. The Morgan fingerprint density at radius 2 is 1.09 bits per heavy atom. The molecule has 0 aliphatic heterocycles. The van der Waals surface area contributed by atoms with Crippen molar-refractivity contribution >= 4 is 47.2 Å². The SMILES string of the molecule is CSCC[C@H](N)C(=O)N[C@@H](Cc1ccccc1)C(=O)NNC(=O)[C@H](Cc1ccccc1)NC(=O)CNC(=O)[C@H](C)NC(=O)[C@@H](N)Cc1ccc(O)cc1.[Cl-].[Cl-].[Pt+2]. The van der Waals surface area contributed by atoms with E-state index in [0.29, 0.717) is 23.3 Å². The third-order valence-corrected chi connectivity index (χ3v) is 8.68. The minimum absolute atomic E-state index is 0. The second-order valence-electron chi connectivity index (χ2n) is 12.4. The maximum Gasteiger partial charge on any atom is 2.00 e. The van der Waals surface area contributed by atoms with Gasteiger partial charge in [0.1, 0.15) is 23.9 Å². The normalized spacial score (nSPS) is 12.9. The number of aromatic hydroxyl groups is 1. The number of hydrazine groups is 1. The van der Waals surface area contributed by atoms with Gasteiger partial charge in [0.05, 0.1) is 18.6 Å². The Labute approximate surface area is 357 Å². The predicted octanol–water partition coefficient (Wildman–Crippen LogP) is -6.43. The van der Waals surface area contributed by atoms with Crippen molar-refractivity contribution < 1.29 is 79.8 Å². The average molecular weight is 1010 g/mol. The van der Waals surface area contributed by atoms with Crippen LogP contribution in [-0.2, 0) is 69.1 Å². The quantitative estimate of drug-likeness (QED) is 0.0515. The zero-order valence-corrected chi connectivity index (χ0v) is 35.3. The summed E-state index contributed by atoms with van der Waals surface area (Å²) in [5, 5.41) is 19.6. The number of hydrogen-bond acceptors (Lipinski definition) is 10. The molecule has 0 saturated carbocycles. The Bertz CT molecular complexity index is 1680. The molecule has 3 rings (SSSR count). The van der Waals surface area contributed by atoms with Crippen LogP contribution < -0.4 is 68.4 Å². The summed E-state index contributed by atoms with van der Waals surface area (Å²) < 4.78 is 0. The number of thioether (sulfide) groups is 1. The Balaban J connectivity index is 0.0000101. The molecule has 56 heavy (non-hydrogen) atoms. The van der Waals surface area contributed by atoms with E-state index in [0.717, 1.165) is 5.56 Å². The molecule has 0 unspecified atom stereocenters. The second kappa shape index (κ2) is 27.4. The van der Waals surface area contributed by atoms with Crippen LogP contribution in [0.1, 0.15) is 30.0 Å². The van der Waals surface area contributed by atoms with Gasteiger partial charge >= 0.3 is 21.1 Å². The van der Waals surface area contributed by atoms with Crippen LogP contribution in [0.4, 0.5) is 0 Å². The Kier molecular flexibility index (Phi) is 25.4. The summed E-state index contributed by atoms with van der Waals surface area (Å²) in [5.74, 6) is -3.20. The first kappa shape index (κ1) is 51.8. The van der Waals surface area contributed by atoms with E-state index in [9.17, 15) is 33.9 Å². The van der Waals surface area contributed by atoms with Crippen molar-refractivity contribution in [3.63, 3.8) is 0 Å². The Hall–Kier alpha value is -4.18. The number of nitrogens with one attached hydrogen (secondary N) is 6. The fraction of sp³-hybridized carbons (Fsp3) is 0.351. The fourth-order valence-corrected chi connectivity index (χ4v) is 5.49. The molecule has 3 aromatic carbocycles. The van der Waals surface area contributed by atoms with Crippen LogP contribution >= 0.6 is 11.8 Å². The number of carbonyl (C=O) groups excluding carboxylic acids is 6. The molecule has 308 valence electrons. The molecule has 0 fully saturated rings. The van der Waals surface area contributed by atoms with E-state index in [2.05, 4.69) is 32.1 Å². The van der Waals surface area contributed by atoms with Crippen molar-refractivity contribution in [3.05, 3.63) is 102 Å². The molecule has 15 nitrogen and oxygen atoms in total. The van der Waals surface area contributed by atoms with Crippen LogP contribution in [-0.4, -0.2) is 89.3 Å². The average Bonchev–Trinajstić information content (AvgIpc) is 3.15. The van der Waals surface area contributed by atoms with Crippen LogP contribution in [0, 0.1) is 0 Å². The Morgan fingerprint density at radius 3 is 1.59 bits per heavy atom. The van der Waals surface area contributed by atoms with Crippen LogP contribution in [0.2, 0.25) is 0 Å². The third-order valence-electron chi connectivity index (χ3n) is 8.03. The number of phenolic OH excluding ortho intramolecular Hbond substituents is 1. The van der Waals surface area contributed by atoms with E-state index < -0.39 is 72.2 Å². The molecule has 6 amide bonds. The van der Waals surface area contributed by atoms with Crippen molar-refractivity contribution in [2.45, 2.75) is 62.8 Å². The minimum atomic E-state index is -1.18. The van der Waals surface area contributed by atoms with Gasteiger partial charge < -0.3 is 62.7 Å². The summed E-state index contributed by atoms with van der Waals surface area (Å²) in [6, 6.07) is 19.0. The van der Waals surface area contributed by atoms with Crippen LogP contribution in [0.3, 0.4) is 0 Å². The predicted molar refractivity (Wildman–Crippen MR) is 202 cm³/mol. The number of amides is 6. The van der Waals surface area contributed by atoms with Gasteiger partial charge in [0, 0.05) is 12.8 Å². The largest absolute Gasteiger partial charge is 2.00 e. The molecular formula is C37H48Cl2N8O7PtS. The van der Waals surface area contributed by atoms with Gasteiger partial charge in [0.15, 0.2) is 0 Å². The fourth-order valence-electron chi connectivity index (χ4n) is 5.00. The Morgan fingerprint density at radius 1 is 0.625 bits per heavy atom. The van der Waals surface area contributed by atoms with E-state index in [-0.39, 0.29) is 70.9 Å². The summed E-state index contributed by atoms with van der Waals surface area (Å²) in [4.78, 5) is 77.8. The molecule has 0 saturated heterocycles. The molecule has 0 radical (unpaired) electrons. The van der Waals surface area contributed by atoms with Crippen molar-refractivity contribution in [2.75, 3.05) is 18.6 Å². The number of phenols is 1. The van der Waals surface area contributed by atoms with E-state index in [1.165, 1.54) is 19.1 Å². The molecule has 0 aromatic heterocycles. The molecule has 19 heteroatoms. The van der Waals surface area contributed by atoms with Gasteiger partial charge in [0.25, 0.3) is 11.8 Å². The molecule has 11 N–H and O–H groups in total. The number of carbonyl (C=O) groups is 6. The summed E-state index contributed by atoms with van der Waals surface area (Å²) in [6.45, 7) is 0.906. The monoisotopic (exact) mass is 1010 g/mol. The van der Waals surface area contributed by atoms with Gasteiger partial charge in [-0.3, -0.25) is 39.6 Å². The number of hydrogen-bond donors (Lipinski definition) is 9. The first-order valence-corrected chi connectivity index (χ1v) is 18.4. The van der Waals surface area contributed by atoms with Gasteiger partial charge in [-0.05, 0) is 60.6 Å². The first-order valence-electron chi connectivity index (χ1n) is 17.0. The number of rotatable bonds is 19. The summed E-state index contributed by atoms with van der Waals surface area (Å²) >= 11 is 1.54. The topological polar surface area (TPSA) is 247 Å². The molecule has 0 heterocycles. The van der Waals surface area contributed by atoms with Gasteiger partial charge in [-0.1, -0.05) is 72.8 Å². The van der Waals surface area contributed by atoms with Gasteiger partial charge in [-0.15, -0.1) is 0 Å². The number of halogens is 2. The molecule has 0 aliphatic rings. The van der Waals surface area contributed by atoms with E-state index in [1.807, 2.05) is 12.3 Å². The van der Waals surface area contributed by atoms with Crippen molar-refractivity contribution in [1.82, 2.24) is 32.1 Å². The zero-order chi connectivity index (χ0) is 38.8. The standard InChI is InChI=1S/C37H48N8O7S.2ClH.Pt/c1-23(41-35(50)29(39)19-26-13-15-27(46)16-14-26)33(48)40-22-32(47)42-30(20-24-9-5-3-6-10-24)36(51)44-45-37(52)31(21-25-11-7-4-8-12-25)43-34(49)28(38)17-18-53-2;;;/h3-16,23,28-31,46H,17-22,38-39H2,1-2H3,(H,40,48)(H,41,50)(H,42,47)(H,43,49)(H,44,51)(H,45,52);2*1H;/q;;;+2/p-2/t23-,28-,29-,30-,31-;;;/m0.../s1. The molecule has 3 aromatic rings. The van der Waals surface area contributed by atoms with E-state index in [4.69, 9.17) is 11.5 Å². The van der Waals surface area contributed by atoms with Crippen molar-refractivity contribution in [2.24, 2.45) is 11.5 Å². The summed E-state index contributed by atoms with van der Waals surface area (Å²) in [6.07, 6.45) is 2.64. The van der Waals surface area contributed by atoms with Crippen molar-refractivity contribution in [1.29, 1.82) is 0 Å². The first-order chi connectivity index (χ1) is 25.4. The summed E-state index contributed by atoms with van der Waals surface area (Å²) in [5.41, 5.74) is 18.9. The molecule has 0 aliphatic carbocycles. The molecular weight excluding hydrogens is 967 g/mol. The third kappa shape index (κ3) is 18.6. The number of nitrogens with two attached hydrogens (primary N) is 2. The smallest absolute Gasteiger partial charge is 1.00 e. The molecule has 0 bridgehead atoms. The maximum atomic E-state index is 13.4. The van der Waals surface area contributed by atoms with Gasteiger partial charge in [0.2, 0.25) is 23.6 Å². The maximum absolute atomic E-state index is 13.4. The van der Waals surface area contributed by atoms with Crippen LogP contribution in [0.5, 0.6) is 5.75 Å². The van der Waals surface area contributed by atoms with Gasteiger partial charge in [-0.2, -0.15) is 11.8 Å². The minimum Gasteiger partial charge on any atom is -1.00 e. The second-order valence-corrected chi connectivity index (χ2v) is 13.3. The van der Waals surface area contributed by atoms with E-state index in [1.54, 1.807) is 78.5 Å². The van der Waals surface area contributed by atoms with E-state index >= 15 is 0 Å².